The Morgan fingerprint density at radius 3 is 2.24 bits per heavy atom. The molecule has 1 aromatic carbocycles. The number of nitrogens with zero attached hydrogens (tertiary/aromatic N) is 1. The molecule has 1 amide bonds. The number of carboxylic acid groups (broad SMARTS) is 1. The summed E-state index contributed by atoms with van der Waals surface area (Å²) in [7, 11) is 4.47. The van der Waals surface area contributed by atoms with Crippen molar-refractivity contribution in [2.24, 2.45) is 11.3 Å². The fourth-order valence-corrected chi connectivity index (χ4v) is 4.29. The fraction of sp³-hybridized carbons (Fsp3) is 0.600. The maximum absolute atomic E-state index is 12.9. The van der Waals surface area contributed by atoms with Crippen molar-refractivity contribution in [2.75, 3.05) is 33.7 Å². The number of hydrogen-bond acceptors (Lipinski definition) is 3. The predicted octanol–water partition coefficient (Wildman–Crippen LogP) is 0.514. The van der Waals surface area contributed by atoms with Crippen molar-refractivity contribution < 1.29 is 19.2 Å². The summed E-state index contributed by atoms with van der Waals surface area (Å²) in [6.07, 6.45) is 2.94. The SMILES string of the molecule is C[N+]1(C)CCC(CNC(=O)C2(CC(=O)[O-])Cc3ccccc3C2)CC1. The Balaban J connectivity index is 1.64. The van der Waals surface area contributed by atoms with E-state index in [4.69, 9.17) is 0 Å². The lowest BCUT2D eigenvalue weighted by Gasteiger charge is -2.37. The monoisotopic (exact) mass is 344 g/mol. The highest BCUT2D eigenvalue weighted by molar-refractivity contribution is 5.88. The number of nitrogens with one attached hydrogen (secondary N) is 1. The van der Waals surface area contributed by atoms with Crippen molar-refractivity contribution in [3.63, 3.8) is 0 Å². The molecule has 0 radical (unpaired) electrons. The van der Waals surface area contributed by atoms with Crippen LogP contribution < -0.4 is 10.4 Å². The van der Waals surface area contributed by atoms with Crippen LogP contribution in [0, 0.1) is 11.3 Å². The zero-order chi connectivity index (χ0) is 18.1. The van der Waals surface area contributed by atoms with Crippen molar-refractivity contribution in [3.05, 3.63) is 35.4 Å². The largest absolute Gasteiger partial charge is 0.550 e. The molecule has 0 aromatic heterocycles. The first-order chi connectivity index (χ1) is 11.8. The van der Waals surface area contributed by atoms with Gasteiger partial charge in [-0.1, -0.05) is 24.3 Å². The number of likely N-dealkylation sites (tertiary alicyclic amines) is 1. The number of aliphatic carboxylic acids is 1. The highest BCUT2D eigenvalue weighted by atomic mass is 16.4. The molecule has 1 N–H and O–H groups in total. The molecular formula is C20H28N2O3. The van der Waals surface area contributed by atoms with Gasteiger partial charge in [-0.2, -0.15) is 0 Å². The molecule has 0 spiro atoms. The van der Waals surface area contributed by atoms with Crippen LogP contribution in [0.25, 0.3) is 0 Å². The minimum absolute atomic E-state index is 0.132. The van der Waals surface area contributed by atoms with Gasteiger partial charge in [-0.3, -0.25) is 4.79 Å². The maximum Gasteiger partial charge on any atom is 0.227 e. The smallest absolute Gasteiger partial charge is 0.227 e. The van der Waals surface area contributed by atoms with Crippen LogP contribution in [0.1, 0.15) is 30.4 Å². The molecule has 1 heterocycles. The summed E-state index contributed by atoms with van der Waals surface area (Å²) in [6.45, 7) is 2.89. The number of amides is 1. The lowest BCUT2D eigenvalue weighted by Crippen LogP contribution is -2.50. The first-order valence-electron chi connectivity index (χ1n) is 9.17. The van der Waals surface area contributed by atoms with E-state index in [1.54, 1.807) is 0 Å². The molecule has 1 aliphatic carbocycles. The predicted molar refractivity (Wildman–Crippen MR) is 93.5 cm³/mol. The van der Waals surface area contributed by atoms with Gasteiger partial charge >= 0.3 is 0 Å². The van der Waals surface area contributed by atoms with Crippen LogP contribution in [0.3, 0.4) is 0 Å². The maximum atomic E-state index is 12.9. The first kappa shape index (κ1) is 17.9. The minimum atomic E-state index is -1.15. The van der Waals surface area contributed by atoms with Gasteiger partial charge in [0, 0.05) is 31.8 Å². The molecule has 1 fully saturated rings. The number of carbonyl (C=O) groups excluding carboxylic acids is 2. The van der Waals surface area contributed by atoms with Crippen molar-refractivity contribution >= 4 is 11.9 Å². The number of hydrogen-bond donors (Lipinski definition) is 1. The minimum Gasteiger partial charge on any atom is -0.550 e. The van der Waals surface area contributed by atoms with Gasteiger partial charge in [0.25, 0.3) is 0 Å². The van der Waals surface area contributed by atoms with E-state index in [0.717, 1.165) is 41.5 Å². The molecule has 2 aliphatic rings. The number of carboxylic acids is 1. The third-order valence-corrected chi connectivity index (χ3v) is 5.98. The molecule has 25 heavy (non-hydrogen) atoms. The summed E-state index contributed by atoms with van der Waals surface area (Å²) in [5.41, 5.74) is 1.26. The molecule has 1 aromatic rings. The standard InChI is InChI=1S/C20H28N2O3/c1-22(2)9-7-15(8-10-22)14-21-19(25)20(13-18(23)24)11-16-5-3-4-6-17(16)12-20/h3-6,15H,7-14H2,1-2H3,(H-,21,23,24,25). The number of benzene rings is 1. The number of quaternary nitrogens is 1. The van der Waals surface area contributed by atoms with Gasteiger partial charge in [0.15, 0.2) is 0 Å². The van der Waals surface area contributed by atoms with Crippen molar-refractivity contribution in [1.82, 2.24) is 5.32 Å². The zero-order valence-corrected chi connectivity index (χ0v) is 15.2. The van der Waals surface area contributed by atoms with Crippen LogP contribution >= 0.6 is 0 Å². The fourth-order valence-electron chi connectivity index (χ4n) is 4.29. The third-order valence-electron chi connectivity index (χ3n) is 5.98. The lowest BCUT2D eigenvalue weighted by molar-refractivity contribution is -0.896. The number of rotatable bonds is 5. The zero-order valence-electron chi connectivity index (χ0n) is 15.2. The second-order valence-electron chi connectivity index (χ2n) is 8.49. The first-order valence-corrected chi connectivity index (χ1v) is 9.17. The Labute approximate surface area is 149 Å². The highest BCUT2D eigenvalue weighted by Gasteiger charge is 2.43. The van der Waals surface area contributed by atoms with Crippen LogP contribution in [0.2, 0.25) is 0 Å². The highest BCUT2D eigenvalue weighted by Crippen LogP contribution is 2.40. The van der Waals surface area contributed by atoms with Crippen LogP contribution in [0.5, 0.6) is 0 Å². The quantitative estimate of drug-likeness (QED) is 0.792. The van der Waals surface area contributed by atoms with E-state index in [-0.39, 0.29) is 12.3 Å². The molecule has 1 aliphatic heterocycles. The second-order valence-corrected chi connectivity index (χ2v) is 8.49. The molecule has 1 saturated heterocycles. The summed E-state index contributed by atoms with van der Waals surface area (Å²) in [5, 5.41) is 14.4. The molecule has 0 unspecified atom stereocenters. The van der Waals surface area contributed by atoms with Gasteiger partial charge < -0.3 is 19.7 Å². The molecule has 3 rings (SSSR count). The average Bonchev–Trinajstić information content (AvgIpc) is 2.92. The topological polar surface area (TPSA) is 69.2 Å². The van der Waals surface area contributed by atoms with Crippen molar-refractivity contribution in [2.45, 2.75) is 32.1 Å². The number of piperidine rings is 1. The third kappa shape index (κ3) is 4.03. The summed E-state index contributed by atoms with van der Waals surface area (Å²) < 4.78 is 1.04. The van der Waals surface area contributed by atoms with Gasteiger partial charge in [-0.15, -0.1) is 0 Å². The van der Waals surface area contributed by atoms with Gasteiger partial charge in [-0.05, 0) is 29.9 Å². The second kappa shape index (κ2) is 6.79. The van der Waals surface area contributed by atoms with Crippen LogP contribution in [0.4, 0.5) is 0 Å². The summed E-state index contributed by atoms with van der Waals surface area (Å²) >= 11 is 0. The Kier molecular flexibility index (Phi) is 4.87. The normalized spacial score (nSPS) is 21.5. The van der Waals surface area contributed by atoms with Gasteiger partial charge in [-0.25, -0.2) is 0 Å². The van der Waals surface area contributed by atoms with Crippen LogP contribution in [0.15, 0.2) is 24.3 Å². The van der Waals surface area contributed by atoms with Gasteiger partial charge in [0.1, 0.15) is 0 Å². The van der Waals surface area contributed by atoms with Gasteiger partial charge in [0.05, 0.1) is 32.6 Å². The Morgan fingerprint density at radius 2 is 1.72 bits per heavy atom. The van der Waals surface area contributed by atoms with Crippen LogP contribution in [-0.4, -0.2) is 50.1 Å². The van der Waals surface area contributed by atoms with Crippen LogP contribution in [-0.2, 0) is 22.4 Å². The molecule has 5 heteroatoms. The Morgan fingerprint density at radius 1 is 1.16 bits per heavy atom. The number of fused-ring (bicyclic) bond motifs is 1. The molecule has 0 bridgehead atoms. The van der Waals surface area contributed by atoms with E-state index in [1.807, 2.05) is 24.3 Å². The summed E-state index contributed by atoms with van der Waals surface area (Å²) in [4.78, 5) is 24.2. The molecule has 0 saturated carbocycles. The van der Waals surface area contributed by atoms with E-state index in [0.29, 0.717) is 25.3 Å². The Hall–Kier alpha value is -1.88. The average molecular weight is 344 g/mol. The molecule has 136 valence electrons. The molecule has 0 atom stereocenters. The Bertz CT molecular complexity index is 634. The summed E-state index contributed by atoms with van der Waals surface area (Å²) in [5.74, 6) is -0.800. The van der Waals surface area contributed by atoms with Crippen molar-refractivity contribution in [1.29, 1.82) is 0 Å². The van der Waals surface area contributed by atoms with Gasteiger partial charge in [0.2, 0.25) is 5.91 Å². The van der Waals surface area contributed by atoms with E-state index in [1.165, 1.54) is 0 Å². The number of carbonyl (C=O) groups is 2. The molecule has 5 nitrogen and oxygen atoms in total. The van der Waals surface area contributed by atoms with E-state index in [2.05, 4.69) is 19.4 Å². The van der Waals surface area contributed by atoms with E-state index < -0.39 is 11.4 Å². The van der Waals surface area contributed by atoms with Crippen molar-refractivity contribution in [3.8, 4) is 0 Å². The lowest BCUT2D eigenvalue weighted by atomic mass is 9.80. The van der Waals surface area contributed by atoms with E-state index in [9.17, 15) is 14.7 Å². The summed E-state index contributed by atoms with van der Waals surface area (Å²) in [6, 6.07) is 7.85. The van der Waals surface area contributed by atoms with E-state index >= 15 is 0 Å². The molecular weight excluding hydrogens is 316 g/mol.